The van der Waals surface area contributed by atoms with Gasteiger partial charge in [0, 0.05) is 12.1 Å². The van der Waals surface area contributed by atoms with Crippen molar-refractivity contribution in [2.45, 2.75) is 20.0 Å². The van der Waals surface area contributed by atoms with Crippen LogP contribution >= 0.6 is 0 Å². The van der Waals surface area contributed by atoms with Crippen LogP contribution < -0.4 is 10.2 Å². The zero-order valence-electron chi connectivity index (χ0n) is 12.1. The van der Waals surface area contributed by atoms with Crippen LogP contribution in [0.2, 0.25) is 0 Å². The van der Waals surface area contributed by atoms with Gasteiger partial charge in [0.1, 0.15) is 5.52 Å². The molecule has 1 aliphatic heterocycles. The van der Waals surface area contributed by atoms with Gasteiger partial charge < -0.3 is 14.6 Å². The number of oxazole rings is 1. The Morgan fingerprint density at radius 1 is 1.24 bits per heavy atom. The summed E-state index contributed by atoms with van der Waals surface area (Å²) in [6, 6.07) is 14.2. The molecule has 1 N–H and O–H groups in total. The van der Waals surface area contributed by atoms with Crippen LogP contribution in [0.5, 0.6) is 0 Å². The third-order valence-electron chi connectivity index (χ3n) is 4.02. The molecule has 3 aromatic rings. The number of para-hydroxylation sites is 2. The maximum Gasteiger partial charge on any atom is 0.227 e. The first-order valence-electron chi connectivity index (χ1n) is 7.29. The van der Waals surface area contributed by atoms with Crippen molar-refractivity contribution >= 4 is 22.5 Å². The minimum absolute atomic E-state index is 0.323. The number of hydrogen-bond acceptors (Lipinski definition) is 4. The molecule has 4 heteroatoms. The number of aromatic nitrogens is 1. The van der Waals surface area contributed by atoms with Gasteiger partial charge in [-0.05, 0) is 44.2 Å². The third-order valence-corrected chi connectivity index (χ3v) is 4.02. The largest absolute Gasteiger partial charge is 0.436 e. The number of anilines is 2. The van der Waals surface area contributed by atoms with Gasteiger partial charge >= 0.3 is 0 Å². The average molecular weight is 279 g/mol. The van der Waals surface area contributed by atoms with E-state index in [2.05, 4.69) is 47.2 Å². The summed E-state index contributed by atoms with van der Waals surface area (Å²) in [4.78, 5) is 6.90. The second-order valence-electron chi connectivity index (χ2n) is 5.32. The Morgan fingerprint density at radius 2 is 2.10 bits per heavy atom. The van der Waals surface area contributed by atoms with E-state index in [0.717, 1.165) is 28.9 Å². The first-order chi connectivity index (χ1) is 10.3. The molecule has 0 saturated carbocycles. The van der Waals surface area contributed by atoms with E-state index in [4.69, 9.17) is 4.42 Å². The smallest absolute Gasteiger partial charge is 0.227 e. The predicted octanol–water partition coefficient (Wildman–Crippen LogP) is 4.09. The number of hydrogen-bond donors (Lipinski definition) is 1. The molecule has 0 amide bonds. The molecule has 21 heavy (non-hydrogen) atoms. The monoisotopic (exact) mass is 279 g/mol. The van der Waals surface area contributed by atoms with Crippen LogP contribution in [-0.2, 0) is 0 Å². The second kappa shape index (κ2) is 4.52. The van der Waals surface area contributed by atoms with E-state index in [0.29, 0.717) is 12.1 Å². The highest BCUT2D eigenvalue weighted by Crippen LogP contribution is 2.37. The molecule has 1 aromatic heterocycles. The molecule has 1 aliphatic rings. The topological polar surface area (TPSA) is 41.3 Å². The molecular weight excluding hydrogens is 262 g/mol. The van der Waals surface area contributed by atoms with E-state index in [-0.39, 0.29) is 0 Å². The fourth-order valence-corrected chi connectivity index (χ4v) is 2.99. The Balaban J connectivity index is 1.79. The van der Waals surface area contributed by atoms with Gasteiger partial charge in [-0.1, -0.05) is 12.1 Å². The SMILES string of the molecule is CCN1c2ccc(-c3nc4ccccc4o3)cc2NC1C. The molecule has 4 rings (SSSR count). The van der Waals surface area contributed by atoms with Crippen molar-refractivity contribution in [3.05, 3.63) is 42.5 Å². The highest BCUT2D eigenvalue weighted by Gasteiger charge is 2.24. The second-order valence-corrected chi connectivity index (χ2v) is 5.32. The van der Waals surface area contributed by atoms with E-state index >= 15 is 0 Å². The summed E-state index contributed by atoms with van der Waals surface area (Å²) in [5, 5.41) is 3.50. The van der Waals surface area contributed by atoms with Crippen LogP contribution in [-0.4, -0.2) is 17.7 Å². The molecule has 1 unspecified atom stereocenters. The minimum atomic E-state index is 0.323. The Hall–Kier alpha value is -2.49. The molecule has 4 nitrogen and oxygen atoms in total. The number of fused-ring (bicyclic) bond motifs is 2. The maximum atomic E-state index is 5.84. The zero-order valence-corrected chi connectivity index (χ0v) is 12.1. The van der Waals surface area contributed by atoms with Crippen molar-refractivity contribution in [1.29, 1.82) is 0 Å². The molecular formula is C17H17N3O. The van der Waals surface area contributed by atoms with Crippen LogP contribution in [0.3, 0.4) is 0 Å². The summed E-state index contributed by atoms with van der Waals surface area (Å²) < 4.78 is 5.84. The summed E-state index contributed by atoms with van der Waals surface area (Å²) in [6.45, 7) is 5.33. The van der Waals surface area contributed by atoms with Crippen molar-refractivity contribution in [3.8, 4) is 11.5 Å². The molecule has 1 atom stereocenters. The minimum Gasteiger partial charge on any atom is -0.436 e. The molecule has 0 bridgehead atoms. The number of benzene rings is 2. The zero-order chi connectivity index (χ0) is 14.4. The highest BCUT2D eigenvalue weighted by molar-refractivity contribution is 5.82. The fraction of sp³-hybridized carbons (Fsp3) is 0.235. The molecule has 0 saturated heterocycles. The van der Waals surface area contributed by atoms with E-state index in [9.17, 15) is 0 Å². The van der Waals surface area contributed by atoms with Gasteiger partial charge in [-0.15, -0.1) is 0 Å². The van der Waals surface area contributed by atoms with Crippen molar-refractivity contribution in [2.75, 3.05) is 16.8 Å². The molecule has 2 aromatic carbocycles. The first-order valence-corrected chi connectivity index (χ1v) is 7.29. The van der Waals surface area contributed by atoms with Gasteiger partial charge in [0.2, 0.25) is 5.89 Å². The lowest BCUT2D eigenvalue weighted by Gasteiger charge is -2.21. The van der Waals surface area contributed by atoms with Crippen LogP contribution in [0.15, 0.2) is 46.9 Å². The van der Waals surface area contributed by atoms with Gasteiger partial charge in [-0.2, -0.15) is 0 Å². The third kappa shape index (κ3) is 1.87. The lowest BCUT2D eigenvalue weighted by Crippen LogP contribution is -2.32. The summed E-state index contributed by atoms with van der Waals surface area (Å²) in [6.07, 6.45) is 0.323. The lowest BCUT2D eigenvalue weighted by molar-refractivity contribution is 0.620. The summed E-state index contributed by atoms with van der Waals surface area (Å²) in [5.41, 5.74) is 5.10. The van der Waals surface area contributed by atoms with Gasteiger partial charge in [0.05, 0.1) is 17.5 Å². The van der Waals surface area contributed by atoms with E-state index in [1.807, 2.05) is 24.3 Å². The van der Waals surface area contributed by atoms with Crippen molar-refractivity contribution in [2.24, 2.45) is 0 Å². The van der Waals surface area contributed by atoms with Crippen LogP contribution in [0.4, 0.5) is 11.4 Å². The average Bonchev–Trinajstić information content (AvgIpc) is 3.05. The van der Waals surface area contributed by atoms with Crippen LogP contribution in [0.25, 0.3) is 22.6 Å². The molecule has 2 heterocycles. The van der Waals surface area contributed by atoms with Gasteiger partial charge in [-0.25, -0.2) is 4.98 Å². The Labute approximate surface area is 123 Å². The molecule has 106 valence electrons. The quantitative estimate of drug-likeness (QED) is 0.767. The molecule has 0 radical (unpaired) electrons. The summed E-state index contributed by atoms with van der Waals surface area (Å²) in [5.74, 6) is 0.670. The Bertz CT molecular complexity index is 776. The van der Waals surface area contributed by atoms with Crippen molar-refractivity contribution in [3.63, 3.8) is 0 Å². The van der Waals surface area contributed by atoms with E-state index in [1.165, 1.54) is 5.69 Å². The molecule has 0 fully saturated rings. The number of rotatable bonds is 2. The fourth-order valence-electron chi connectivity index (χ4n) is 2.99. The van der Waals surface area contributed by atoms with Gasteiger partial charge in [0.25, 0.3) is 0 Å². The summed E-state index contributed by atoms with van der Waals surface area (Å²) in [7, 11) is 0. The Kier molecular flexibility index (Phi) is 2.64. The lowest BCUT2D eigenvalue weighted by atomic mass is 10.1. The van der Waals surface area contributed by atoms with Gasteiger partial charge in [-0.3, -0.25) is 0 Å². The van der Waals surface area contributed by atoms with Crippen LogP contribution in [0.1, 0.15) is 13.8 Å². The maximum absolute atomic E-state index is 5.84. The molecule has 0 aliphatic carbocycles. The van der Waals surface area contributed by atoms with Crippen molar-refractivity contribution < 1.29 is 4.42 Å². The first kappa shape index (κ1) is 12.3. The van der Waals surface area contributed by atoms with Gasteiger partial charge in [0.15, 0.2) is 5.58 Å². The summed E-state index contributed by atoms with van der Waals surface area (Å²) >= 11 is 0. The van der Waals surface area contributed by atoms with Crippen LogP contribution in [0, 0.1) is 0 Å². The van der Waals surface area contributed by atoms with Crippen molar-refractivity contribution in [1.82, 2.24) is 4.98 Å². The predicted molar refractivity (Wildman–Crippen MR) is 85.5 cm³/mol. The van der Waals surface area contributed by atoms with E-state index in [1.54, 1.807) is 0 Å². The van der Waals surface area contributed by atoms with E-state index < -0.39 is 0 Å². The normalized spacial score (nSPS) is 17.0. The number of nitrogens with zero attached hydrogens (tertiary/aromatic N) is 2. The number of nitrogens with one attached hydrogen (secondary N) is 1. The highest BCUT2D eigenvalue weighted by atomic mass is 16.3. The Morgan fingerprint density at radius 3 is 2.90 bits per heavy atom. The standard InChI is InChI=1S/C17H17N3O/c1-3-20-11(2)18-14-10-12(8-9-15(14)20)17-19-13-6-4-5-7-16(13)21-17/h4-11,18H,3H2,1-2H3. The molecule has 0 spiro atoms.